The highest BCUT2D eigenvalue weighted by Gasteiger charge is 2.03. The van der Waals surface area contributed by atoms with Crippen LogP contribution in [0.3, 0.4) is 0 Å². The van der Waals surface area contributed by atoms with E-state index in [-0.39, 0.29) is 6.04 Å². The second-order valence-electron chi connectivity index (χ2n) is 3.54. The largest absolute Gasteiger partial charge is 0.380 e. The summed E-state index contributed by atoms with van der Waals surface area (Å²) >= 11 is 0. The van der Waals surface area contributed by atoms with Crippen LogP contribution in [0.4, 0.5) is 0 Å². The molecule has 0 saturated carbocycles. The summed E-state index contributed by atoms with van der Waals surface area (Å²) in [5, 5.41) is 3.37. The van der Waals surface area contributed by atoms with E-state index in [0.29, 0.717) is 0 Å². The van der Waals surface area contributed by atoms with E-state index in [1.54, 1.807) is 0 Å². The lowest BCUT2D eigenvalue weighted by molar-refractivity contribution is 0.134. The van der Waals surface area contributed by atoms with Crippen molar-refractivity contribution >= 4 is 0 Å². The molecule has 0 spiro atoms. The Morgan fingerprint density at radius 1 is 1.40 bits per heavy atom. The first-order chi connectivity index (χ1) is 7.34. The van der Waals surface area contributed by atoms with Crippen molar-refractivity contribution in [3.8, 4) is 0 Å². The minimum Gasteiger partial charge on any atom is -0.380 e. The predicted molar refractivity (Wildman–Crippen MR) is 61.8 cm³/mol. The van der Waals surface area contributed by atoms with Gasteiger partial charge in [0.25, 0.3) is 0 Å². The summed E-state index contributed by atoms with van der Waals surface area (Å²) in [4.78, 5) is 4.29. The van der Waals surface area contributed by atoms with Gasteiger partial charge in [-0.2, -0.15) is 0 Å². The quantitative estimate of drug-likeness (QED) is 0.697. The molecule has 0 aromatic carbocycles. The van der Waals surface area contributed by atoms with Crippen LogP contribution < -0.4 is 5.32 Å². The number of hydrogen-bond donors (Lipinski definition) is 1. The second-order valence-corrected chi connectivity index (χ2v) is 3.54. The summed E-state index contributed by atoms with van der Waals surface area (Å²) in [5.41, 5.74) is 1.08. The number of rotatable bonds is 7. The van der Waals surface area contributed by atoms with Crippen LogP contribution in [-0.4, -0.2) is 24.7 Å². The smallest absolute Gasteiger partial charge is 0.0591 e. The third kappa shape index (κ3) is 4.91. The lowest BCUT2D eigenvalue weighted by Crippen LogP contribution is -2.24. The monoisotopic (exact) mass is 208 g/mol. The third-order valence-corrected chi connectivity index (χ3v) is 2.18. The molecule has 0 amide bonds. The minimum absolute atomic E-state index is 0.288. The van der Waals surface area contributed by atoms with Crippen molar-refractivity contribution in [2.75, 3.05) is 19.8 Å². The first-order valence-corrected chi connectivity index (χ1v) is 5.56. The highest BCUT2D eigenvalue weighted by molar-refractivity contribution is 5.07. The van der Waals surface area contributed by atoms with Gasteiger partial charge >= 0.3 is 0 Å². The maximum Gasteiger partial charge on any atom is 0.0591 e. The van der Waals surface area contributed by atoms with E-state index in [4.69, 9.17) is 4.74 Å². The van der Waals surface area contributed by atoms with Crippen LogP contribution in [0.15, 0.2) is 24.4 Å². The Morgan fingerprint density at radius 3 is 2.93 bits per heavy atom. The van der Waals surface area contributed by atoms with E-state index in [2.05, 4.69) is 24.1 Å². The molecule has 0 radical (unpaired) electrons. The average molecular weight is 208 g/mol. The summed E-state index contributed by atoms with van der Waals surface area (Å²) in [6.07, 6.45) is 2.90. The Kier molecular flexibility index (Phi) is 5.97. The van der Waals surface area contributed by atoms with Gasteiger partial charge in [-0.3, -0.25) is 4.98 Å². The van der Waals surface area contributed by atoms with Gasteiger partial charge in [0, 0.05) is 25.4 Å². The number of nitrogens with one attached hydrogen (secondary N) is 1. The van der Waals surface area contributed by atoms with Gasteiger partial charge in [0.05, 0.1) is 12.3 Å². The third-order valence-electron chi connectivity index (χ3n) is 2.18. The van der Waals surface area contributed by atoms with Crippen molar-refractivity contribution < 1.29 is 4.74 Å². The highest BCUT2D eigenvalue weighted by Crippen LogP contribution is 2.06. The van der Waals surface area contributed by atoms with Crippen molar-refractivity contribution in [3.63, 3.8) is 0 Å². The second kappa shape index (κ2) is 7.37. The van der Waals surface area contributed by atoms with Crippen molar-refractivity contribution in [2.24, 2.45) is 0 Å². The van der Waals surface area contributed by atoms with E-state index in [1.165, 1.54) is 0 Å². The molecule has 1 aromatic heterocycles. The predicted octanol–water partition coefficient (Wildman–Crippen LogP) is 2.16. The first kappa shape index (κ1) is 12.1. The molecule has 3 nitrogen and oxygen atoms in total. The molecule has 0 aliphatic rings. The maximum atomic E-state index is 5.39. The van der Waals surface area contributed by atoms with Gasteiger partial charge in [0.2, 0.25) is 0 Å². The molecule has 0 aliphatic carbocycles. The fourth-order valence-electron chi connectivity index (χ4n) is 1.33. The molecule has 3 heteroatoms. The molecule has 1 unspecified atom stereocenters. The van der Waals surface area contributed by atoms with Crippen molar-refractivity contribution in [3.05, 3.63) is 30.1 Å². The van der Waals surface area contributed by atoms with Gasteiger partial charge in [-0.1, -0.05) is 13.0 Å². The fraction of sp³-hybridized carbons (Fsp3) is 0.583. The molecule has 0 aliphatic heterocycles. The Bertz CT molecular complexity index is 251. The van der Waals surface area contributed by atoms with E-state index >= 15 is 0 Å². The van der Waals surface area contributed by atoms with Crippen LogP contribution in [0.5, 0.6) is 0 Å². The SMILES string of the molecule is CCCOCCNC(C)c1ccccn1. The molecule has 1 aromatic rings. The molecule has 1 heterocycles. The van der Waals surface area contributed by atoms with Crippen LogP contribution in [-0.2, 0) is 4.74 Å². The Balaban J connectivity index is 2.16. The van der Waals surface area contributed by atoms with E-state index in [1.807, 2.05) is 24.4 Å². The van der Waals surface area contributed by atoms with Gasteiger partial charge in [0.15, 0.2) is 0 Å². The summed E-state index contributed by atoms with van der Waals surface area (Å²) in [7, 11) is 0. The number of ether oxygens (including phenoxy) is 1. The van der Waals surface area contributed by atoms with E-state index < -0.39 is 0 Å². The van der Waals surface area contributed by atoms with Crippen LogP contribution in [0.2, 0.25) is 0 Å². The Labute approximate surface area is 91.9 Å². The Morgan fingerprint density at radius 2 is 2.27 bits per heavy atom. The molecule has 15 heavy (non-hydrogen) atoms. The van der Waals surface area contributed by atoms with E-state index in [9.17, 15) is 0 Å². The van der Waals surface area contributed by atoms with Gasteiger partial charge in [-0.05, 0) is 25.5 Å². The maximum absolute atomic E-state index is 5.39. The lowest BCUT2D eigenvalue weighted by atomic mass is 10.2. The van der Waals surface area contributed by atoms with Gasteiger partial charge in [-0.15, -0.1) is 0 Å². The van der Waals surface area contributed by atoms with Crippen LogP contribution >= 0.6 is 0 Å². The van der Waals surface area contributed by atoms with Gasteiger partial charge < -0.3 is 10.1 Å². The minimum atomic E-state index is 0.288. The molecule has 1 N–H and O–H groups in total. The molecular weight excluding hydrogens is 188 g/mol. The number of pyridine rings is 1. The fourth-order valence-corrected chi connectivity index (χ4v) is 1.33. The molecule has 0 saturated heterocycles. The van der Waals surface area contributed by atoms with Crippen molar-refractivity contribution in [1.29, 1.82) is 0 Å². The van der Waals surface area contributed by atoms with E-state index in [0.717, 1.165) is 31.9 Å². The lowest BCUT2D eigenvalue weighted by Gasteiger charge is -2.12. The zero-order valence-corrected chi connectivity index (χ0v) is 9.57. The number of aromatic nitrogens is 1. The molecule has 0 bridgehead atoms. The molecule has 1 rings (SSSR count). The summed E-state index contributed by atoms with van der Waals surface area (Å²) < 4.78 is 5.39. The first-order valence-electron chi connectivity index (χ1n) is 5.56. The zero-order valence-electron chi connectivity index (χ0n) is 9.57. The van der Waals surface area contributed by atoms with Gasteiger partial charge in [0.1, 0.15) is 0 Å². The Hall–Kier alpha value is -0.930. The topological polar surface area (TPSA) is 34.1 Å². The standard InChI is InChI=1S/C12H20N2O/c1-3-9-15-10-8-13-11(2)12-6-4-5-7-14-12/h4-7,11,13H,3,8-10H2,1-2H3. The summed E-state index contributed by atoms with van der Waals surface area (Å²) in [5.74, 6) is 0. The summed E-state index contributed by atoms with van der Waals surface area (Å²) in [6, 6.07) is 6.26. The van der Waals surface area contributed by atoms with Crippen molar-refractivity contribution in [2.45, 2.75) is 26.3 Å². The molecular formula is C12H20N2O. The number of nitrogens with zero attached hydrogens (tertiary/aromatic N) is 1. The van der Waals surface area contributed by atoms with Crippen LogP contribution in [0.1, 0.15) is 32.0 Å². The van der Waals surface area contributed by atoms with Crippen LogP contribution in [0.25, 0.3) is 0 Å². The average Bonchev–Trinajstić information content (AvgIpc) is 2.30. The van der Waals surface area contributed by atoms with Gasteiger partial charge in [-0.25, -0.2) is 0 Å². The normalized spacial score (nSPS) is 12.7. The highest BCUT2D eigenvalue weighted by atomic mass is 16.5. The summed E-state index contributed by atoms with van der Waals surface area (Å²) in [6.45, 7) is 6.72. The van der Waals surface area contributed by atoms with Crippen LogP contribution in [0, 0.1) is 0 Å². The van der Waals surface area contributed by atoms with Crippen molar-refractivity contribution in [1.82, 2.24) is 10.3 Å². The zero-order chi connectivity index (χ0) is 10.9. The molecule has 1 atom stereocenters. The number of hydrogen-bond acceptors (Lipinski definition) is 3. The molecule has 84 valence electrons. The molecule has 0 fully saturated rings.